The lowest BCUT2D eigenvalue weighted by atomic mass is 9.89. The van der Waals surface area contributed by atoms with E-state index >= 15 is 0 Å². The molecule has 1 aromatic rings. The molecule has 1 heterocycles. The van der Waals surface area contributed by atoms with Crippen molar-refractivity contribution < 1.29 is 14.7 Å². The van der Waals surface area contributed by atoms with Gasteiger partial charge in [-0.2, -0.15) is 0 Å². The average Bonchev–Trinajstić information content (AvgIpc) is 2.85. The number of aliphatic carboxylic acids is 1. The maximum absolute atomic E-state index is 11.7. The summed E-state index contributed by atoms with van der Waals surface area (Å²) in [6.07, 6.45) is 3.54. The molecule has 2 rings (SSSR count). The fraction of sp³-hybridized carbons (Fsp3) is 0.571. The molecule has 0 fully saturated rings. The molecule has 4 nitrogen and oxygen atoms in total. The molecule has 0 radical (unpaired) electrons. The van der Waals surface area contributed by atoms with E-state index < -0.39 is 11.4 Å². The number of fused-ring (bicyclic) bond motifs is 1. The summed E-state index contributed by atoms with van der Waals surface area (Å²) in [6, 6.07) is 2.16. The maximum Gasteiger partial charge on any atom is 0.309 e. The van der Waals surface area contributed by atoms with Crippen molar-refractivity contribution in [3.05, 3.63) is 21.4 Å². The van der Waals surface area contributed by atoms with Crippen molar-refractivity contribution in [2.45, 2.75) is 46.1 Å². The number of carbonyl (C=O) groups excluding carboxylic acids is 1. The lowest BCUT2D eigenvalue weighted by Gasteiger charge is -2.17. The zero-order chi connectivity index (χ0) is 14.0. The minimum absolute atomic E-state index is 0.00736. The largest absolute Gasteiger partial charge is 0.481 e. The third-order valence-electron chi connectivity index (χ3n) is 3.44. The molecule has 1 aliphatic rings. The van der Waals surface area contributed by atoms with Gasteiger partial charge in [-0.15, -0.1) is 11.3 Å². The van der Waals surface area contributed by atoms with Crippen LogP contribution in [-0.2, 0) is 29.0 Å². The van der Waals surface area contributed by atoms with Crippen molar-refractivity contribution >= 4 is 23.2 Å². The number of aryl methyl sites for hydroxylation is 2. The van der Waals surface area contributed by atoms with E-state index in [1.54, 1.807) is 25.2 Å². The number of hydrogen-bond donors (Lipinski definition) is 2. The van der Waals surface area contributed by atoms with Crippen molar-refractivity contribution in [1.82, 2.24) is 5.32 Å². The summed E-state index contributed by atoms with van der Waals surface area (Å²) in [6.45, 7) is 3.63. The van der Waals surface area contributed by atoms with E-state index in [0.29, 0.717) is 6.54 Å². The Hall–Kier alpha value is -1.36. The Balaban J connectivity index is 1.85. The van der Waals surface area contributed by atoms with Crippen LogP contribution >= 0.6 is 11.3 Å². The van der Waals surface area contributed by atoms with Gasteiger partial charge in [-0.25, -0.2) is 0 Å². The smallest absolute Gasteiger partial charge is 0.309 e. The lowest BCUT2D eigenvalue weighted by Crippen LogP contribution is -2.33. The molecule has 5 heteroatoms. The maximum atomic E-state index is 11.7. The van der Waals surface area contributed by atoms with E-state index in [2.05, 4.69) is 11.4 Å². The Morgan fingerprint density at radius 3 is 2.79 bits per heavy atom. The van der Waals surface area contributed by atoms with Crippen LogP contribution in [0, 0.1) is 5.41 Å². The number of carbonyl (C=O) groups is 2. The highest BCUT2D eigenvalue weighted by Gasteiger charge is 2.30. The summed E-state index contributed by atoms with van der Waals surface area (Å²) in [5, 5.41) is 11.8. The predicted octanol–water partition coefficient (Wildman–Crippen LogP) is 2.35. The molecule has 1 aliphatic carbocycles. The second-order valence-corrected chi connectivity index (χ2v) is 6.88. The summed E-state index contributed by atoms with van der Waals surface area (Å²) in [5.74, 6) is -1.15. The van der Waals surface area contributed by atoms with Crippen molar-refractivity contribution in [2.75, 3.05) is 0 Å². The third kappa shape index (κ3) is 3.35. The molecule has 104 valence electrons. The quantitative estimate of drug-likeness (QED) is 0.870. The molecule has 0 aromatic carbocycles. The molecule has 2 N–H and O–H groups in total. The first-order valence-electron chi connectivity index (χ1n) is 6.49. The van der Waals surface area contributed by atoms with Gasteiger partial charge < -0.3 is 10.4 Å². The summed E-state index contributed by atoms with van der Waals surface area (Å²) >= 11 is 1.76. The molecule has 0 unspecified atom stereocenters. The van der Waals surface area contributed by atoms with Gasteiger partial charge in [-0.05, 0) is 44.7 Å². The number of nitrogens with one attached hydrogen (secondary N) is 1. The highest BCUT2D eigenvalue weighted by atomic mass is 32.1. The topological polar surface area (TPSA) is 66.4 Å². The summed E-state index contributed by atoms with van der Waals surface area (Å²) in [5.41, 5.74) is 0.404. The van der Waals surface area contributed by atoms with Gasteiger partial charge in [0.05, 0.1) is 12.0 Å². The molecular weight excluding hydrogens is 262 g/mol. The first kappa shape index (κ1) is 14.1. The highest BCUT2D eigenvalue weighted by molar-refractivity contribution is 7.12. The van der Waals surface area contributed by atoms with Crippen LogP contribution in [0.15, 0.2) is 6.07 Å². The SMILES string of the molecule is CC(C)(CC(=O)NCc1cc2c(s1)CCC2)C(=O)O. The zero-order valence-electron chi connectivity index (χ0n) is 11.3. The number of carboxylic acid groups (broad SMARTS) is 1. The molecule has 0 atom stereocenters. The van der Waals surface area contributed by atoms with Crippen LogP contribution in [0.3, 0.4) is 0 Å². The standard InChI is InChI=1S/C14H19NO3S/c1-14(2,13(17)18)7-12(16)15-8-10-6-9-4-3-5-11(9)19-10/h6H,3-5,7-8H2,1-2H3,(H,15,16)(H,17,18). The van der Waals surface area contributed by atoms with Crippen molar-refractivity contribution in [3.63, 3.8) is 0 Å². The normalized spacial score (nSPS) is 14.2. The Morgan fingerprint density at radius 1 is 1.42 bits per heavy atom. The second kappa shape index (κ2) is 5.33. The van der Waals surface area contributed by atoms with E-state index in [1.165, 1.54) is 16.9 Å². The molecule has 1 amide bonds. The number of carboxylic acids is 1. The zero-order valence-corrected chi connectivity index (χ0v) is 12.1. The van der Waals surface area contributed by atoms with Crippen LogP contribution in [0.1, 0.15) is 42.0 Å². The Bertz CT molecular complexity index is 483. The minimum atomic E-state index is -1.01. The first-order valence-corrected chi connectivity index (χ1v) is 7.31. The van der Waals surface area contributed by atoms with Crippen LogP contribution in [0.5, 0.6) is 0 Å². The minimum Gasteiger partial charge on any atom is -0.481 e. The molecule has 0 spiro atoms. The molecule has 0 aliphatic heterocycles. The third-order valence-corrected chi connectivity index (χ3v) is 4.68. The van der Waals surface area contributed by atoms with Gasteiger partial charge >= 0.3 is 5.97 Å². The van der Waals surface area contributed by atoms with Crippen LogP contribution in [-0.4, -0.2) is 17.0 Å². The Kier molecular flexibility index (Phi) is 3.94. The molecule has 19 heavy (non-hydrogen) atoms. The fourth-order valence-corrected chi connectivity index (χ4v) is 3.40. The molecular formula is C14H19NO3S. The van der Waals surface area contributed by atoms with E-state index in [-0.39, 0.29) is 12.3 Å². The Labute approximate surface area is 116 Å². The predicted molar refractivity (Wildman–Crippen MR) is 74.2 cm³/mol. The second-order valence-electron chi connectivity index (χ2n) is 5.66. The van der Waals surface area contributed by atoms with E-state index in [1.807, 2.05) is 0 Å². The van der Waals surface area contributed by atoms with Crippen LogP contribution in [0.2, 0.25) is 0 Å². The van der Waals surface area contributed by atoms with E-state index in [0.717, 1.165) is 17.7 Å². The number of rotatable bonds is 5. The van der Waals surface area contributed by atoms with Crippen LogP contribution in [0.25, 0.3) is 0 Å². The van der Waals surface area contributed by atoms with Gasteiger partial charge in [0.1, 0.15) is 0 Å². The average molecular weight is 281 g/mol. The lowest BCUT2D eigenvalue weighted by molar-refractivity contribution is -0.149. The van der Waals surface area contributed by atoms with Gasteiger partial charge in [0.2, 0.25) is 5.91 Å². The van der Waals surface area contributed by atoms with Crippen molar-refractivity contribution in [2.24, 2.45) is 5.41 Å². The highest BCUT2D eigenvalue weighted by Crippen LogP contribution is 2.30. The molecule has 0 saturated heterocycles. The Morgan fingerprint density at radius 2 is 2.16 bits per heavy atom. The fourth-order valence-electron chi connectivity index (χ4n) is 2.20. The van der Waals surface area contributed by atoms with Gasteiger partial charge in [0.15, 0.2) is 0 Å². The van der Waals surface area contributed by atoms with E-state index in [4.69, 9.17) is 5.11 Å². The molecule has 0 bridgehead atoms. The van der Waals surface area contributed by atoms with Crippen LogP contribution < -0.4 is 5.32 Å². The van der Waals surface area contributed by atoms with Crippen LogP contribution in [0.4, 0.5) is 0 Å². The van der Waals surface area contributed by atoms with Crippen molar-refractivity contribution in [1.29, 1.82) is 0 Å². The van der Waals surface area contributed by atoms with Gasteiger partial charge in [-0.1, -0.05) is 0 Å². The van der Waals surface area contributed by atoms with E-state index in [9.17, 15) is 9.59 Å². The monoisotopic (exact) mass is 281 g/mol. The molecule has 1 aromatic heterocycles. The number of thiophene rings is 1. The molecule has 0 saturated carbocycles. The number of hydrogen-bond acceptors (Lipinski definition) is 3. The summed E-state index contributed by atoms with van der Waals surface area (Å²) in [4.78, 5) is 25.3. The van der Waals surface area contributed by atoms with Crippen molar-refractivity contribution in [3.8, 4) is 0 Å². The van der Waals surface area contributed by atoms with Gasteiger partial charge in [0, 0.05) is 16.2 Å². The number of amides is 1. The summed E-state index contributed by atoms with van der Waals surface area (Å²) in [7, 11) is 0. The van der Waals surface area contributed by atoms with Gasteiger partial charge in [-0.3, -0.25) is 9.59 Å². The van der Waals surface area contributed by atoms with Gasteiger partial charge in [0.25, 0.3) is 0 Å². The summed E-state index contributed by atoms with van der Waals surface area (Å²) < 4.78 is 0. The first-order chi connectivity index (χ1) is 8.88.